The zero-order chi connectivity index (χ0) is 22.3. The zero-order valence-electron chi connectivity index (χ0n) is 15.6. The van der Waals surface area contributed by atoms with Gasteiger partial charge in [0.15, 0.2) is 0 Å². The summed E-state index contributed by atoms with van der Waals surface area (Å²) < 4.78 is 1.46. The molecular formula is C16H14N4O10. The molecule has 2 aromatic heterocycles. The molecule has 0 saturated carbocycles. The van der Waals surface area contributed by atoms with Gasteiger partial charge in [-0.15, -0.1) is 20.2 Å². The van der Waals surface area contributed by atoms with E-state index in [0.717, 1.165) is 21.3 Å². The number of rotatable bonds is 8. The van der Waals surface area contributed by atoms with Gasteiger partial charge in [0.05, 0.1) is 34.6 Å². The lowest BCUT2D eigenvalue weighted by molar-refractivity contribution is -0.768. The van der Waals surface area contributed by atoms with Crippen LogP contribution in [0.25, 0.3) is 21.5 Å². The monoisotopic (exact) mass is 422 g/mol. The van der Waals surface area contributed by atoms with Gasteiger partial charge in [-0.1, -0.05) is 0 Å². The van der Waals surface area contributed by atoms with E-state index in [2.05, 4.69) is 9.68 Å². The van der Waals surface area contributed by atoms with Crippen molar-refractivity contribution in [3.63, 3.8) is 0 Å². The molecule has 0 N–H and O–H groups in total. The van der Waals surface area contributed by atoms with Gasteiger partial charge in [-0.05, 0) is 26.0 Å². The molecule has 0 fully saturated rings. The molecular weight excluding hydrogens is 408 g/mol. The number of nitrogens with zero attached hydrogens (tertiary/aromatic N) is 4. The van der Waals surface area contributed by atoms with Gasteiger partial charge in [-0.25, -0.2) is 0 Å². The highest BCUT2D eigenvalue weighted by Gasteiger charge is 2.22. The summed E-state index contributed by atoms with van der Waals surface area (Å²) in [5.74, 6) is 0. The first-order valence-electron chi connectivity index (χ1n) is 8.54. The molecule has 2 unspecified atom stereocenters. The van der Waals surface area contributed by atoms with E-state index in [1.165, 1.54) is 13.8 Å². The van der Waals surface area contributed by atoms with Crippen LogP contribution in [0.2, 0.25) is 0 Å². The van der Waals surface area contributed by atoms with Crippen LogP contribution in [0.4, 0.5) is 0 Å². The van der Waals surface area contributed by atoms with Crippen LogP contribution in [0.3, 0.4) is 0 Å². The molecule has 3 aromatic rings. The van der Waals surface area contributed by atoms with Crippen LogP contribution in [-0.4, -0.2) is 31.5 Å². The van der Waals surface area contributed by atoms with Crippen molar-refractivity contribution in [2.45, 2.75) is 39.1 Å². The second-order valence-corrected chi connectivity index (χ2v) is 6.66. The summed E-state index contributed by atoms with van der Waals surface area (Å²) in [4.78, 5) is 79.7. The summed E-state index contributed by atoms with van der Waals surface area (Å²) in [5, 5.41) is 18.2. The molecule has 0 saturated heterocycles. The van der Waals surface area contributed by atoms with Crippen molar-refractivity contribution in [3.05, 3.63) is 73.8 Å². The number of hydrogen-bond donors (Lipinski definition) is 0. The van der Waals surface area contributed by atoms with Gasteiger partial charge >= 0.3 is 0 Å². The van der Waals surface area contributed by atoms with E-state index in [0.29, 0.717) is 0 Å². The number of hydrogen-bond acceptors (Lipinski definition) is 10. The van der Waals surface area contributed by atoms with Gasteiger partial charge in [0.25, 0.3) is 32.4 Å². The van der Waals surface area contributed by atoms with E-state index < -0.39 is 57.7 Å². The molecule has 3 rings (SSSR count). The molecule has 2 heterocycles. The maximum absolute atomic E-state index is 12.6. The summed E-state index contributed by atoms with van der Waals surface area (Å²) in [5.41, 5.74) is -3.17. The molecule has 0 spiro atoms. The predicted molar refractivity (Wildman–Crippen MR) is 100.0 cm³/mol. The molecule has 14 heteroatoms. The summed E-state index contributed by atoms with van der Waals surface area (Å²) in [6.45, 7) is 1.79. The number of aromatic nitrogens is 2. The minimum Gasteiger partial charge on any atom is -0.309 e. The van der Waals surface area contributed by atoms with Crippen LogP contribution in [0, 0.1) is 20.2 Å². The lowest BCUT2D eigenvalue weighted by Gasteiger charge is -2.08. The smallest absolute Gasteiger partial charge is 0.294 e. The van der Waals surface area contributed by atoms with Crippen molar-refractivity contribution in [1.82, 2.24) is 9.13 Å². The highest BCUT2D eigenvalue weighted by Crippen LogP contribution is 2.15. The Hall–Kier alpha value is -4.10. The predicted octanol–water partition coefficient (Wildman–Crippen LogP) is -0.894. The van der Waals surface area contributed by atoms with Gasteiger partial charge in [0.1, 0.15) is 12.2 Å². The molecule has 0 aliphatic heterocycles. The fourth-order valence-electron chi connectivity index (χ4n) is 3.28. The van der Waals surface area contributed by atoms with Gasteiger partial charge in [-0.2, -0.15) is 0 Å². The SMILES string of the molecule is CC(Cn1c(=O)c2cc3c(=O)n(CC(C)O[N+](=O)[O-])c(=O)c3cc2c1=O)O[N+](=O)[O-]. The summed E-state index contributed by atoms with van der Waals surface area (Å²) in [6.07, 6.45) is -2.17. The van der Waals surface area contributed by atoms with Crippen LogP contribution >= 0.6 is 0 Å². The van der Waals surface area contributed by atoms with E-state index in [1.54, 1.807) is 0 Å². The van der Waals surface area contributed by atoms with Crippen LogP contribution in [0.5, 0.6) is 0 Å². The van der Waals surface area contributed by atoms with E-state index in [1.807, 2.05) is 0 Å². The highest BCUT2D eigenvalue weighted by atomic mass is 17.0. The van der Waals surface area contributed by atoms with Crippen LogP contribution in [-0.2, 0) is 22.8 Å². The normalized spacial score (nSPS) is 13.4. The van der Waals surface area contributed by atoms with Crippen LogP contribution in [0.1, 0.15) is 13.8 Å². The number of benzene rings is 1. The zero-order valence-corrected chi connectivity index (χ0v) is 15.6. The Labute approximate surface area is 164 Å². The van der Waals surface area contributed by atoms with Crippen molar-refractivity contribution in [2.75, 3.05) is 0 Å². The summed E-state index contributed by atoms with van der Waals surface area (Å²) in [6, 6.07) is 2.20. The van der Waals surface area contributed by atoms with E-state index in [-0.39, 0.29) is 21.5 Å². The molecule has 30 heavy (non-hydrogen) atoms. The molecule has 0 aliphatic carbocycles. The van der Waals surface area contributed by atoms with Crippen molar-refractivity contribution in [2.24, 2.45) is 0 Å². The quantitative estimate of drug-likeness (QED) is 0.326. The minimum absolute atomic E-state index is 0.135. The average molecular weight is 422 g/mol. The first kappa shape index (κ1) is 20.6. The fraction of sp³-hybridized carbons (Fsp3) is 0.375. The van der Waals surface area contributed by atoms with Crippen molar-refractivity contribution in [1.29, 1.82) is 0 Å². The average Bonchev–Trinajstić information content (AvgIpc) is 3.00. The largest absolute Gasteiger partial charge is 0.309 e. The molecule has 0 amide bonds. The Balaban J connectivity index is 2.12. The molecule has 14 nitrogen and oxygen atoms in total. The Morgan fingerprint density at radius 1 is 0.733 bits per heavy atom. The molecule has 158 valence electrons. The van der Waals surface area contributed by atoms with Crippen molar-refractivity contribution >= 4 is 21.5 Å². The van der Waals surface area contributed by atoms with Crippen molar-refractivity contribution in [3.8, 4) is 0 Å². The number of fused-ring (bicyclic) bond motifs is 2. The molecule has 0 aliphatic rings. The third-order valence-corrected chi connectivity index (χ3v) is 4.47. The second-order valence-electron chi connectivity index (χ2n) is 6.66. The second kappa shape index (κ2) is 7.38. The van der Waals surface area contributed by atoms with Crippen LogP contribution in [0.15, 0.2) is 31.3 Å². The van der Waals surface area contributed by atoms with E-state index in [4.69, 9.17) is 0 Å². The van der Waals surface area contributed by atoms with E-state index >= 15 is 0 Å². The molecule has 2 atom stereocenters. The summed E-state index contributed by atoms with van der Waals surface area (Å²) >= 11 is 0. The Kier molecular flexibility index (Phi) is 5.07. The maximum Gasteiger partial charge on any atom is 0.294 e. The Bertz CT molecular complexity index is 1200. The van der Waals surface area contributed by atoms with Gasteiger partial charge in [0, 0.05) is 0 Å². The standard InChI is InChI=1S/C16H14N4O10/c1-7(29-19(25)26)5-17-13(21)9-3-11-12(4-10(9)14(17)22)16(24)18(15(11)23)6-8(2)30-20(27)28/h3-4,7-8H,5-6H2,1-2H3. The van der Waals surface area contributed by atoms with Crippen molar-refractivity contribution < 1.29 is 19.8 Å². The van der Waals surface area contributed by atoms with Crippen LogP contribution < -0.4 is 22.2 Å². The fourth-order valence-corrected chi connectivity index (χ4v) is 3.28. The van der Waals surface area contributed by atoms with Gasteiger partial charge < -0.3 is 9.68 Å². The van der Waals surface area contributed by atoms with E-state index in [9.17, 15) is 39.4 Å². The van der Waals surface area contributed by atoms with Gasteiger partial charge in [0.2, 0.25) is 0 Å². The highest BCUT2D eigenvalue weighted by molar-refractivity contribution is 5.97. The first-order chi connectivity index (χ1) is 14.0. The third kappa shape index (κ3) is 3.49. The maximum atomic E-state index is 12.6. The van der Waals surface area contributed by atoms with Gasteiger partial charge in [-0.3, -0.25) is 28.3 Å². The lowest BCUT2D eigenvalue weighted by atomic mass is 10.1. The molecule has 0 radical (unpaired) electrons. The minimum atomic E-state index is -1.09. The topological polar surface area (TPSA) is 183 Å². The Morgan fingerprint density at radius 3 is 1.23 bits per heavy atom. The molecule has 0 bridgehead atoms. The Morgan fingerprint density at radius 2 is 1.00 bits per heavy atom. The third-order valence-electron chi connectivity index (χ3n) is 4.47. The molecule has 1 aromatic carbocycles. The lowest BCUT2D eigenvalue weighted by Crippen LogP contribution is -2.32. The summed E-state index contributed by atoms with van der Waals surface area (Å²) in [7, 11) is 0. The first-order valence-corrected chi connectivity index (χ1v) is 8.54.